The van der Waals surface area contributed by atoms with Gasteiger partial charge in [0.25, 0.3) is 0 Å². The second-order valence-electron chi connectivity index (χ2n) is 11.6. The maximum atomic E-state index is 9.92. The molecule has 2 heterocycles. The predicted molar refractivity (Wildman–Crippen MR) is 170 cm³/mol. The summed E-state index contributed by atoms with van der Waals surface area (Å²) in [6.45, 7) is 10.8. The molecule has 2 aliphatic heterocycles. The van der Waals surface area contributed by atoms with Crippen molar-refractivity contribution < 1.29 is 28.8 Å². The molecule has 8 nitrogen and oxygen atoms in total. The minimum Gasteiger partial charge on any atom is -0.490 e. The van der Waals surface area contributed by atoms with Gasteiger partial charge in [0.15, 0.2) is 0 Å². The lowest BCUT2D eigenvalue weighted by molar-refractivity contribution is -0.0752. The number of ether oxygens (including phenoxy) is 5. The lowest BCUT2D eigenvalue weighted by Gasteiger charge is -2.39. The molecular formula is C33H50N2O6S. The monoisotopic (exact) mass is 602 g/mol. The van der Waals surface area contributed by atoms with Crippen molar-refractivity contribution >= 4 is 17.4 Å². The van der Waals surface area contributed by atoms with Gasteiger partial charge in [-0.2, -0.15) is 11.8 Å². The molecule has 0 amide bonds. The van der Waals surface area contributed by atoms with E-state index < -0.39 is 6.10 Å². The van der Waals surface area contributed by atoms with Gasteiger partial charge in [0.05, 0.1) is 57.0 Å². The van der Waals surface area contributed by atoms with Crippen molar-refractivity contribution in [2.75, 3.05) is 76.6 Å². The molecule has 5 atom stereocenters. The first-order chi connectivity index (χ1) is 20.5. The van der Waals surface area contributed by atoms with E-state index >= 15 is 0 Å². The van der Waals surface area contributed by atoms with Crippen LogP contribution in [0.25, 0.3) is 0 Å². The molecule has 0 saturated carbocycles. The molecule has 0 aliphatic carbocycles. The number of anilines is 1. The van der Waals surface area contributed by atoms with E-state index in [1.54, 1.807) is 14.0 Å². The van der Waals surface area contributed by atoms with Gasteiger partial charge in [0.2, 0.25) is 0 Å². The van der Waals surface area contributed by atoms with E-state index in [-0.39, 0.29) is 18.1 Å². The number of nitrogens with one attached hydrogen (secondary N) is 1. The van der Waals surface area contributed by atoms with E-state index in [1.165, 1.54) is 5.56 Å². The average molecular weight is 603 g/mol. The summed E-state index contributed by atoms with van der Waals surface area (Å²) >= 11 is 1.86. The number of nitrogens with zero attached hydrogens (tertiary/aromatic N) is 1. The molecular weight excluding hydrogens is 552 g/mol. The maximum Gasteiger partial charge on any atom is 0.142 e. The standard InChI is InChI=1S/C33H50N2O6S/c1-24(23-42-4)19-38-21-26-6-9-28(10-7-26)33-31(40-20-25(2)36)17-34-18-32(33)41-22-27-8-11-30-29(16-27)35(13-15-39-30)12-5-14-37-3/h6-11,16,24-25,31-34,36H,5,12-15,17-23H2,1-4H3/t24?,25?,31-,32+,33+/m1/s1. The number of hydrogen-bond donors (Lipinski definition) is 2. The highest BCUT2D eigenvalue weighted by atomic mass is 32.2. The summed E-state index contributed by atoms with van der Waals surface area (Å²) in [7, 11) is 1.74. The Morgan fingerprint density at radius 3 is 2.52 bits per heavy atom. The quantitative estimate of drug-likeness (QED) is 0.255. The van der Waals surface area contributed by atoms with Crippen LogP contribution in [0.3, 0.4) is 0 Å². The molecule has 2 aromatic rings. The molecule has 42 heavy (non-hydrogen) atoms. The Kier molecular flexibility index (Phi) is 13.7. The lowest BCUT2D eigenvalue weighted by atomic mass is 9.85. The van der Waals surface area contributed by atoms with Gasteiger partial charge < -0.3 is 39.0 Å². The number of rotatable bonds is 17. The van der Waals surface area contributed by atoms with Gasteiger partial charge in [-0.25, -0.2) is 0 Å². The van der Waals surface area contributed by atoms with Crippen molar-refractivity contribution in [1.82, 2.24) is 5.32 Å². The Balaban J connectivity index is 1.44. The second kappa shape index (κ2) is 17.4. The van der Waals surface area contributed by atoms with Crippen LogP contribution in [0, 0.1) is 5.92 Å². The molecule has 2 aliphatic rings. The third kappa shape index (κ3) is 9.84. The van der Waals surface area contributed by atoms with Crippen molar-refractivity contribution in [3.05, 3.63) is 59.2 Å². The van der Waals surface area contributed by atoms with Crippen molar-refractivity contribution in [3.63, 3.8) is 0 Å². The number of hydrogen-bond acceptors (Lipinski definition) is 9. The maximum absolute atomic E-state index is 9.92. The fourth-order valence-corrected chi connectivity index (χ4v) is 6.33. The molecule has 2 unspecified atom stereocenters. The Morgan fingerprint density at radius 2 is 1.79 bits per heavy atom. The summed E-state index contributed by atoms with van der Waals surface area (Å²) in [5, 5.41) is 13.4. The van der Waals surface area contributed by atoms with Gasteiger partial charge in [-0.3, -0.25) is 0 Å². The summed E-state index contributed by atoms with van der Waals surface area (Å²) in [5.74, 6) is 2.61. The smallest absolute Gasteiger partial charge is 0.142 e. The van der Waals surface area contributed by atoms with Crippen molar-refractivity contribution in [2.45, 2.75) is 57.7 Å². The predicted octanol–water partition coefficient (Wildman–Crippen LogP) is 4.48. The summed E-state index contributed by atoms with van der Waals surface area (Å²) in [6.07, 6.45) is 2.39. The Hall–Kier alpha value is -1.85. The number of aliphatic hydroxyl groups is 1. The number of aliphatic hydroxyl groups excluding tert-OH is 1. The molecule has 0 spiro atoms. The van der Waals surface area contributed by atoms with E-state index in [2.05, 4.69) is 65.9 Å². The average Bonchev–Trinajstić information content (AvgIpc) is 2.99. The van der Waals surface area contributed by atoms with Gasteiger partial charge in [-0.1, -0.05) is 37.3 Å². The van der Waals surface area contributed by atoms with E-state index in [4.69, 9.17) is 23.7 Å². The molecule has 4 rings (SSSR count). The SMILES string of the molecule is COCCCN1CCOc2ccc(CO[C@H]3CNC[C@@H](OCC(C)O)[C@@H]3c3ccc(COCC(C)CSC)cc3)cc21. The molecule has 2 aromatic carbocycles. The zero-order valence-corrected chi connectivity index (χ0v) is 26.6. The highest BCUT2D eigenvalue weighted by Gasteiger charge is 2.36. The number of piperidine rings is 1. The van der Waals surface area contributed by atoms with Crippen LogP contribution in [-0.4, -0.2) is 95.1 Å². The number of methoxy groups -OCH3 is 1. The Morgan fingerprint density at radius 1 is 1.02 bits per heavy atom. The molecule has 234 valence electrons. The van der Waals surface area contributed by atoms with Crippen LogP contribution in [0.5, 0.6) is 5.75 Å². The summed E-state index contributed by atoms with van der Waals surface area (Å²) in [4.78, 5) is 2.38. The van der Waals surface area contributed by atoms with Crippen LogP contribution >= 0.6 is 11.8 Å². The fraction of sp³-hybridized carbons (Fsp3) is 0.636. The first-order valence-electron chi connectivity index (χ1n) is 15.3. The van der Waals surface area contributed by atoms with Crippen LogP contribution in [-0.2, 0) is 32.2 Å². The van der Waals surface area contributed by atoms with E-state index in [1.807, 2.05) is 11.8 Å². The molecule has 1 fully saturated rings. The van der Waals surface area contributed by atoms with Crippen LogP contribution in [0.4, 0.5) is 5.69 Å². The Bertz CT molecular complexity index is 1060. The van der Waals surface area contributed by atoms with Crippen LogP contribution in [0.1, 0.15) is 42.9 Å². The molecule has 0 bridgehead atoms. The second-order valence-corrected chi connectivity index (χ2v) is 12.5. The molecule has 9 heteroatoms. The normalized spacial score (nSPS) is 21.9. The number of fused-ring (bicyclic) bond motifs is 1. The summed E-state index contributed by atoms with van der Waals surface area (Å²) in [5.41, 5.74) is 4.58. The van der Waals surface area contributed by atoms with Gasteiger partial charge in [0, 0.05) is 39.3 Å². The van der Waals surface area contributed by atoms with Gasteiger partial charge in [-0.15, -0.1) is 0 Å². The first-order valence-corrected chi connectivity index (χ1v) is 16.6. The van der Waals surface area contributed by atoms with Crippen LogP contribution in [0.2, 0.25) is 0 Å². The zero-order chi connectivity index (χ0) is 29.7. The highest BCUT2D eigenvalue weighted by Crippen LogP contribution is 2.34. The van der Waals surface area contributed by atoms with Gasteiger partial charge in [-0.05, 0) is 60.1 Å². The minimum atomic E-state index is -0.524. The third-order valence-electron chi connectivity index (χ3n) is 7.75. The zero-order valence-electron chi connectivity index (χ0n) is 25.8. The Labute approximate surface area is 256 Å². The van der Waals surface area contributed by atoms with Gasteiger partial charge >= 0.3 is 0 Å². The van der Waals surface area contributed by atoms with Gasteiger partial charge in [0.1, 0.15) is 12.4 Å². The van der Waals surface area contributed by atoms with E-state index in [0.717, 1.165) is 67.6 Å². The minimum absolute atomic E-state index is 0.0353. The van der Waals surface area contributed by atoms with Crippen molar-refractivity contribution in [1.29, 1.82) is 0 Å². The van der Waals surface area contributed by atoms with Crippen LogP contribution in [0.15, 0.2) is 42.5 Å². The fourth-order valence-electron chi connectivity index (χ4n) is 5.67. The molecule has 1 saturated heterocycles. The molecule has 2 N–H and O–H groups in total. The van der Waals surface area contributed by atoms with Crippen molar-refractivity contribution in [2.24, 2.45) is 5.92 Å². The molecule has 0 aromatic heterocycles. The van der Waals surface area contributed by atoms with Crippen molar-refractivity contribution in [3.8, 4) is 5.75 Å². The topological polar surface area (TPSA) is 81.7 Å². The molecule has 0 radical (unpaired) electrons. The number of benzene rings is 2. The largest absolute Gasteiger partial charge is 0.490 e. The summed E-state index contributed by atoms with van der Waals surface area (Å²) < 4.78 is 30.0. The van der Waals surface area contributed by atoms with E-state index in [0.29, 0.717) is 38.9 Å². The van der Waals surface area contributed by atoms with E-state index in [9.17, 15) is 5.11 Å². The van der Waals surface area contributed by atoms with Crippen LogP contribution < -0.4 is 15.0 Å². The third-order valence-corrected chi connectivity index (χ3v) is 8.66. The first kappa shape index (κ1) is 33.1. The lowest BCUT2D eigenvalue weighted by Crippen LogP contribution is -2.51. The summed E-state index contributed by atoms with van der Waals surface area (Å²) in [6, 6.07) is 15.0. The highest BCUT2D eigenvalue weighted by molar-refractivity contribution is 7.98. The number of thioether (sulfide) groups is 1.